The molecule has 0 saturated carbocycles. The van der Waals surface area contributed by atoms with Crippen molar-refractivity contribution in [2.24, 2.45) is 0 Å². The molecule has 0 bridgehead atoms. The van der Waals surface area contributed by atoms with Crippen LogP contribution in [0.5, 0.6) is 0 Å². The minimum absolute atomic E-state index is 0.00973. The number of aromatic nitrogens is 1. The van der Waals surface area contributed by atoms with Crippen LogP contribution in [0.25, 0.3) is 11.1 Å². The largest absolute Gasteiger partial charge is 0.270 e. The molecule has 1 aromatic carbocycles. The third kappa shape index (κ3) is 2.18. The van der Waals surface area contributed by atoms with Gasteiger partial charge in [-0.15, -0.1) is 0 Å². The van der Waals surface area contributed by atoms with E-state index in [1.165, 1.54) is 12.1 Å². The molecule has 1 aromatic heterocycles. The molecule has 2 rings (SSSR count). The molecule has 0 N–H and O–H groups in total. The number of nitriles is 1. The summed E-state index contributed by atoms with van der Waals surface area (Å²) in [6.07, 6.45) is 0. The van der Waals surface area contributed by atoms with Crippen LogP contribution in [-0.4, -0.2) is 9.30 Å². The van der Waals surface area contributed by atoms with Gasteiger partial charge in [0.1, 0.15) is 15.5 Å². The highest BCUT2D eigenvalue weighted by Crippen LogP contribution is 2.34. The maximum absolute atomic E-state index is 10.7. The van der Waals surface area contributed by atoms with Crippen molar-refractivity contribution in [2.45, 2.75) is 0 Å². The Balaban J connectivity index is 2.61. The molecule has 17 heavy (non-hydrogen) atoms. The van der Waals surface area contributed by atoms with Gasteiger partial charge < -0.3 is 0 Å². The van der Waals surface area contributed by atoms with Gasteiger partial charge in [-0.25, -0.2) is 0 Å². The fourth-order valence-electron chi connectivity index (χ4n) is 1.37. The van der Waals surface area contributed by atoms with Gasteiger partial charge in [0.25, 0.3) is 5.69 Å². The molecule has 7 heteroatoms. The summed E-state index contributed by atoms with van der Waals surface area (Å²) in [4.78, 5) is 10.6. The Morgan fingerprint density at radius 3 is 2.94 bits per heavy atom. The van der Waals surface area contributed by atoms with Crippen molar-refractivity contribution in [2.75, 3.05) is 0 Å². The first-order valence-electron chi connectivity index (χ1n) is 4.43. The summed E-state index contributed by atoms with van der Waals surface area (Å²) in [7, 11) is 0. The summed E-state index contributed by atoms with van der Waals surface area (Å²) >= 11 is 4.29. The number of nitro groups is 1. The number of hydrogen-bond donors (Lipinski definition) is 0. The van der Waals surface area contributed by atoms with E-state index in [2.05, 4.69) is 20.3 Å². The van der Waals surface area contributed by atoms with Crippen molar-refractivity contribution in [3.05, 3.63) is 43.9 Å². The van der Waals surface area contributed by atoms with Gasteiger partial charge in [0.15, 0.2) is 0 Å². The fourth-order valence-corrected chi connectivity index (χ4v) is 2.76. The average Bonchev–Trinajstić information content (AvgIpc) is 2.70. The third-order valence-electron chi connectivity index (χ3n) is 2.10. The highest BCUT2D eigenvalue weighted by Gasteiger charge is 2.16. The highest BCUT2D eigenvalue weighted by molar-refractivity contribution is 9.10. The molecule has 0 atom stereocenters. The number of nitrogens with zero attached hydrogens (tertiary/aromatic N) is 3. The van der Waals surface area contributed by atoms with E-state index in [0.29, 0.717) is 20.6 Å². The number of halogens is 1. The van der Waals surface area contributed by atoms with Crippen molar-refractivity contribution >= 4 is 33.1 Å². The van der Waals surface area contributed by atoms with Crippen LogP contribution in [0.15, 0.2) is 28.9 Å². The van der Waals surface area contributed by atoms with E-state index in [1.54, 1.807) is 12.1 Å². The van der Waals surface area contributed by atoms with Gasteiger partial charge in [-0.3, -0.25) is 10.1 Å². The van der Waals surface area contributed by atoms with E-state index in [4.69, 9.17) is 5.26 Å². The van der Waals surface area contributed by atoms with Gasteiger partial charge in [-0.05, 0) is 33.0 Å². The zero-order valence-corrected chi connectivity index (χ0v) is 10.7. The summed E-state index contributed by atoms with van der Waals surface area (Å²) in [6.45, 7) is 0. The second-order valence-corrected chi connectivity index (χ2v) is 4.62. The molecule has 84 valence electrons. The molecule has 0 fully saturated rings. The zero-order valence-electron chi connectivity index (χ0n) is 8.25. The molecule has 2 aromatic rings. The van der Waals surface area contributed by atoms with E-state index in [9.17, 15) is 10.1 Å². The van der Waals surface area contributed by atoms with Gasteiger partial charge >= 0.3 is 0 Å². The molecule has 5 nitrogen and oxygen atoms in total. The summed E-state index contributed by atoms with van der Waals surface area (Å²) in [5, 5.41) is 19.6. The molecule has 0 spiro atoms. The normalized spacial score (nSPS) is 9.88. The number of non-ortho nitro benzene ring substituents is 1. The van der Waals surface area contributed by atoms with Gasteiger partial charge in [0.2, 0.25) is 0 Å². The molecule has 0 unspecified atom stereocenters. The van der Waals surface area contributed by atoms with E-state index < -0.39 is 4.92 Å². The van der Waals surface area contributed by atoms with Crippen molar-refractivity contribution in [3.63, 3.8) is 0 Å². The Kier molecular flexibility index (Phi) is 3.17. The molecule has 0 saturated heterocycles. The van der Waals surface area contributed by atoms with Crippen LogP contribution in [0.4, 0.5) is 5.69 Å². The lowest BCUT2D eigenvalue weighted by atomic mass is 10.1. The van der Waals surface area contributed by atoms with Crippen molar-refractivity contribution in [1.82, 2.24) is 4.37 Å². The lowest BCUT2D eigenvalue weighted by Gasteiger charge is -1.99. The van der Waals surface area contributed by atoms with Crippen LogP contribution in [0.2, 0.25) is 0 Å². The SMILES string of the molecule is N#Cc1snc(Br)c1-c1cccc([N+](=O)[O-])c1. The average molecular weight is 310 g/mol. The maximum atomic E-state index is 10.7. The standard InChI is InChI=1S/C10H4BrN3O2S/c11-10-9(8(5-12)17-13-10)6-2-1-3-7(4-6)14(15)16/h1-4H. The smallest absolute Gasteiger partial charge is 0.258 e. The first kappa shape index (κ1) is 11.7. The molecular weight excluding hydrogens is 306 g/mol. The molecule has 0 radical (unpaired) electrons. The third-order valence-corrected chi connectivity index (χ3v) is 3.66. The predicted octanol–water partition coefficient (Wildman–Crippen LogP) is 3.35. The summed E-state index contributed by atoms with van der Waals surface area (Å²) in [5.41, 5.74) is 1.20. The Hall–Kier alpha value is -1.78. The highest BCUT2D eigenvalue weighted by atomic mass is 79.9. The summed E-state index contributed by atoms with van der Waals surface area (Å²) in [6, 6.07) is 8.14. The second-order valence-electron chi connectivity index (χ2n) is 3.10. The van der Waals surface area contributed by atoms with Crippen LogP contribution in [0.1, 0.15) is 4.88 Å². The topological polar surface area (TPSA) is 79.8 Å². The van der Waals surface area contributed by atoms with E-state index >= 15 is 0 Å². The zero-order chi connectivity index (χ0) is 12.4. The quantitative estimate of drug-likeness (QED) is 0.629. The van der Waals surface area contributed by atoms with Crippen molar-refractivity contribution < 1.29 is 4.92 Å². The predicted molar refractivity (Wildman–Crippen MR) is 66.6 cm³/mol. The Morgan fingerprint density at radius 2 is 2.29 bits per heavy atom. The monoisotopic (exact) mass is 309 g/mol. The lowest BCUT2D eigenvalue weighted by molar-refractivity contribution is -0.384. The molecule has 1 heterocycles. The first-order valence-corrected chi connectivity index (χ1v) is 6.00. The van der Waals surface area contributed by atoms with E-state index in [0.717, 1.165) is 11.5 Å². The number of nitro benzene ring substituents is 1. The fraction of sp³-hybridized carbons (Fsp3) is 0. The Morgan fingerprint density at radius 1 is 1.53 bits per heavy atom. The van der Waals surface area contributed by atoms with E-state index in [1.807, 2.05) is 6.07 Å². The van der Waals surface area contributed by atoms with Crippen LogP contribution >= 0.6 is 27.5 Å². The molecule has 0 aliphatic carbocycles. The minimum atomic E-state index is -0.469. The summed E-state index contributed by atoms with van der Waals surface area (Å²) < 4.78 is 4.53. The molecule has 0 amide bonds. The summed E-state index contributed by atoms with van der Waals surface area (Å²) in [5.74, 6) is 0. The molecule has 0 aliphatic heterocycles. The maximum Gasteiger partial charge on any atom is 0.270 e. The number of rotatable bonds is 2. The van der Waals surface area contributed by atoms with Crippen LogP contribution in [0, 0.1) is 21.4 Å². The number of benzene rings is 1. The van der Waals surface area contributed by atoms with Gasteiger partial charge in [0.05, 0.1) is 4.92 Å². The van der Waals surface area contributed by atoms with E-state index in [-0.39, 0.29) is 5.69 Å². The molecule has 0 aliphatic rings. The lowest BCUT2D eigenvalue weighted by Crippen LogP contribution is -1.88. The Labute approximate surface area is 109 Å². The Bertz CT molecular complexity index is 633. The second kappa shape index (κ2) is 4.61. The van der Waals surface area contributed by atoms with Crippen molar-refractivity contribution in [1.29, 1.82) is 5.26 Å². The van der Waals surface area contributed by atoms with Crippen LogP contribution in [-0.2, 0) is 0 Å². The first-order chi connectivity index (χ1) is 8.13. The van der Waals surface area contributed by atoms with Gasteiger partial charge in [-0.1, -0.05) is 12.1 Å². The molecular formula is C10H4BrN3O2S. The van der Waals surface area contributed by atoms with Gasteiger partial charge in [-0.2, -0.15) is 9.64 Å². The minimum Gasteiger partial charge on any atom is -0.258 e. The van der Waals surface area contributed by atoms with Crippen LogP contribution in [0.3, 0.4) is 0 Å². The van der Waals surface area contributed by atoms with Gasteiger partial charge in [0, 0.05) is 17.7 Å². The number of hydrogen-bond acceptors (Lipinski definition) is 5. The van der Waals surface area contributed by atoms with Crippen molar-refractivity contribution in [3.8, 4) is 17.2 Å². The van der Waals surface area contributed by atoms with Crippen LogP contribution < -0.4 is 0 Å².